The van der Waals surface area contributed by atoms with Gasteiger partial charge in [0.25, 0.3) is 0 Å². The number of nitrogens with one attached hydrogen (secondary N) is 2. The summed E-state index contributed by atoms with van der Waals surface area (Å²) in [6.45, 7) is 9.04. The molecule has 7 heteroatoms. The van der Waals surface area contributed by atoms with Gasteiger partial charge in [-0.2, -0.15) is 0 Å². The molecule has 144 valence electrons. The van der Waals surface area contributed by atoms with E-state index in [0.29, 0.717) is 6.42 Å². The highest BCUT2D eigenvalue weighted by Crippen LogP contribution is 2.39. The molecule has 2 aromatic rings. The van der Waals surface area contributed by atoms with Gasteiger partial charge in [-0.3, -0.25) is 4.79 Å². The number of amides is 2. The third-order valence-corrected chi connectivity index (χ3v) is 4.52. The Kier molecular flexibility index (Phi) is 4.95. The first-order chi connectivity index (χ1) is 12.7. The smallest absolute Gasteiger partial charge is 0.408 e. The predicted molar refractivity (Wildman–Crippen MR) is 103 cm³/mol. The van der Waals surface area contributed by atoms with Gasteiger partial charge in [0.2, 0.25) is 5.91 Å². The Morgan fingerprint density at radius 1 is 1.33 bits per heavy atom. The van der Waals surface area contributed by atoms with Crippen molar-refractivity contribution in [3.05, 3.63) is 36.3 Å². The van der Waals surface area contributed by atoms with E-state index in [0.717, 1.165) is 22.5 Å². The summed E-state index contributed by atoms with van der Waals surface area (Å²) in [4.78, 5) is 33.5. The SMILES string of the molecule is CC(=O)N1c2ccc(-c3cnc[nH]3)cc2[C@H](NC(=O)OC(C)(C)C)C[C@@H]1C. The highest BCUT2D eigenvalue weighted by atomic mass is 16.6. The lowest BCUT2D eigenvalue weighted by Crippen LogP contribution is -2.46. The van der Waals surface area contributed by atoms with Crippen molar-refractivity contribution in [2.24, 2.45) is 0 Å². The van der Waals surface area contributed by atoms with Gasteiger partial charge in [-0.25, -0.2) is 9.78 Å². The number of rotatable bonds is 2. The quantitative estimate of drug-likeness (QED) is 0.842. The summed E-state index contributed by atoms with van der Waals surface area (Å²) in [7, 11) is 0. The van der Waals surface area contributed by atoms with Crippen molar-refractivity contribution in [1.29, 1.82) is 0 Å². The predicted octanol–water partition coefficient (Wildman–Crippen LogP) is 3.79. The summed E-state index contributed by atoms with van der Waals surface area (Å²) in [5.74, 6) is -0.0197. The number of anilines is 1. The first kappa shape index (κ1) is 18.9. The molecule has 0 saturated heterocycles. The third-order valence-electron chi connectivity index (χ3n) is 4.52. The van der Waals surface area contributed by atoms with E-state index >= 15 is 0 Å². The molecule has 2 atom stereocenters. The molecule has 2 amide bonds. The number of H-pyrrole nitrogens is 1. The van der Waals surface area contributed by atoms with Crippen LogP contribution in [0.5, 0.6) is 0 Å². The van der Waals surface area contributed by atoms with E-state index in [1.165, 1.54) is 0 Å². The Balaban J connectivity index is 1.98. The number of hydrogen-bond donors (Lipinski definition) is 2. The van der Waals surface area contributed by atoms with Gasteiger partial charge in [-0.05, 0) is 51.8 Å². The fraction of sp³-hybridized carbons (Fsp3) is 0.450. The van der Waals surface area contributed by atoms with Crippen molar-refractivity contribution >= 4 is 17.7 Å². The summed E-state index contributed by atoms with van der Waals surface area (Å²) >= 11 is 0. The Morgan fingerprint density at radius 2 is 2.07 bits per heavy atom. The summed E-state index contributed by atoms with van der Waals surface area (Å²) in [6.07, 6.45) is 3.51. The Hall–Kier alpha value is -2.83. The van der Waals surface area contributed by atoms with E-state index in [1.54, 1.807) is 24.3 Å². The second-order valence-electron chi connectivity index (χ2n) is 7.91. The molecule has 2 heterocycles. The van der Waals surface area contributed by atoms with E-state index in [9.17, 15) is 9.59 Å². The number of carbonyl (C=O) groups is 2. The van der Waals surface area contributed by atoms with Crippen LogP contribution in [0.25, 0.3) is 11.3 Å². The molecule has 1 aliphatic heterocycles. The van der Waals surface area contributed by atoms with Crippen LogP contribution >= 0.6 is 0 Å². The van der Waals surface area contributed by atoms with Crippen molar-refractivity contribution in [2.75, 3.05) is 4.90 Å². The number of nitrogens with zero attached hydrogens (tertiary/aromatic N) is 2. The van der Waals surface area contributed by atoms with Crippen LogP contribution in [-0.4, -0.2) is 33.6 Å². The Bertz CT molecular complexity index is 839. The number of imidazole rings is 1. The fourth-order valence-corrected chi connectivity index (χ4v) is 3.51. The summed E-state index contributed by atoms with van der Waals surface area (Å²) < 4.78 is 5.42. The minimum absolute atomic E-state index is 0.0197. The molecular weight excluding hydrogens is 344 g/mol. The van der Waals surface area contributed by atoms with Crippen LogP contribution in [-0.2, 0) is 9.53 Å². The van der Waals surface area contributed by atoms with Crippen LogP contribution in [0.3, 0.4) is 0 Å². The van der Waals surface area contributed by atoms with Crippen molar-refractivity contribution < 1.29 is 14.3 Å². The monoisotopic (exact) mass is 370 g/mol. The largest absolute Gasteiger partial charge is 0.444 e. The molecule has 0 spiro atoms. The van der Waals surface area contributed by atoms with Crippen molar-refractivity contribution in [2.45, 2.75) is 58.7 Å². The Morgan fingerprint density at radius 3 is 2.67 bits per heavy atom. The molecular formula is C20H26N4O3. The van der Waals surface area contributed by atoms with Crippen LogP contribution < -0.4 is 10.2 Å². The maximum atomic E-state index is 12.3. The number of ether oxygens (including phenoxy) is 1. The molecule has 1 aromatic heterocycles. The van der Waals surface area contributed by atoms with Crippen LogP contribution in [0.15, 0.2) is 30.7 Å². The first-order valence-corrected chi connectivity index (χ1v) is 9.07. The van der Waals surface area contributed by atoms with Gasteiger partial charge in [-0.15, -0.1) is 0 Å². The number of aromatic amines is 1. The number of aromatic nitrogens is 2. The maximum absolute atomic E-state index is 12.3. The van der Waals surface area contributed by atoms with Crippen LogP contribution in [0.1, 0.15) is 52.6 Å². The van der Waals surface area contributed by atoms with Crippen molar-refractivity contribution in [3.8, 4) is 11.3 Å². The lowest BCUT2D eigenvalue weighted by molar-refractivity contribution is -0.117. The standard InChI is InChI=1S/C20H26N4O3/c1-12-8-16(23-19(26)27-20(3,4)5)15-9-14(17-10-21-11-22-17)6-7-18(15)24(12)13(2)25/h6-7,9-12,16H,8H2,1-5H3,(H,21,22)(H,23,26)/t12-,16+/m0/s1. The van der Waals surface area contributed by atoms with Crippen LogP contribution in [0, 0.1) is 0 Å². The molecule has 0 aliphatic carbocycles. The number of hydrogen-bond acceptors (Lipinski definition) is 4. The van der Waals surface area contributed by atoms with E-state index in [2.05, 4.69) is 15.3 Å². The maximum Gasteiger partial charge on any atom is 0.408 e. The highest BCUT2D eigenvalue weighted by molar-refractivity contribution is 5.94. The van der Waals surface area contributed by atoms with Gasteiger partial charge in [0.05, 0.1) is 24.3 Å². The van der Waals surface area contributed by atoms with E-state index < -0.39 is 11.7 Å². The van der Waals surface area contributed by atoms with Crippen LogP contribution in [0.2, 0.25) is 0 Å². The zero-order valence-electron chi connectivity index (χ0n) is 16.4. The Labute approximate surface area is 159 Å². The van der Waals surface area contributed by atoms with Gasteiger partial charge >= 0.3 is 6.09 Å². The second-order valence-corrected chi connectivity index (χ2v) is 7.91. The molecule has 3 rings (SSSR count). The number of benzene rings is 1. The molecule has 2 N–H and O–H groups in total. The van der Waals surface area contributed by atoms with Gasteiger partial charge < -0.3 is 19.9 Å². The van der Waals surface area contributed by atoms with Gasteiger partial charge in [0, 0.05) is 24.2 Å². The van der Waals surface area contributed by atoms with Gasteiger partial charge in [-0.1, -0.05) is 6.07 Å². The van der Waals surface area contributed by atoms with E-state index in [-0.39, 0.29) is 18.0 Å². The number of fused-ring (bicyclic) bond motifs is 1. The van der Waals surface area contributed by atoms with Crippen molar-refractivity contribution in [1.82, 2.24) is 15.3 Å². The number of carbonyl (C=O) groups excluding carboxylic acids is 2. The summed E-state index contributed by atoms with van der Waals surface area (Å²) in [6, 6.07) is 5.58. The molecule has 0 radical (unpaired) electrons. The second kappa shape index (κ2) is 7.06. The third kappa shape index (κ3) is 4.13. The lowest BCUT2D eigenvalue weighted by Gasteiger charge is -2.39. The molecule has 0 unspecified atom stereocenters. The molecule has 0 saturated carbocycles. The van der Waals surface area contributed by atoms with Crippen molar-refractivity contribution in [3.63, 3.8) is 0 Å². The average molecular weight is 370 g/mol. The zero-order valence-corrected chi connectivity index (χ0v) is 16.4. The molecule has 1 aromatic carbocycles. The average Bonchev–Trinajstić information content (AvgIpc) is 3.06. The number of alkyl carbamates (subject to hydrolysis) is 1. The van der Waals surface area contributed by atoms with Crippen LogP contribution in [0.4, 0.5) is 10.5 Å². The minimum Gasteiger partial charge on any atom is -0.444 e. The molecule has 0 fully saturated rings. The molecule has 1 aliphatic rings. The van der Waals surface area contributed by atoms with Gasteiger partial charge in [0.1, 0.15) is 5.60 Å². The topological polar surface area (TPSA) is 87.3 Å². The zero-order chi connectivity index (χ0) is 19.8. The molecule has 0 bridgehead atoms. The first-order valence-electron chi connectivity index (χ1n) is 9.07. The van der Waals surface area contributed by atoms with E-state index in [4.69, 9.17) is 4.74 Å². The summed E-state index contributed by atoms with van der Waals surface area (Å²) in [5.41, 5.74) is 2.95. The highest BCUT2D eigenvalue weighted by Gasteiger charge is 2.34. The normalized spacial score (nSPS) is 19.4. The molecule has 27 heavy (non-hydrogen) atoms. The van der Waals surface area contributed by atoms with E-state index in [1.807, 2.05) is 45.9 Å². The van der Waals surface area contributed by atoms with Gasteiger partial charge in [0.15, 0.2) is 0 Å². The minimum atomic E-state index is -0.573. The summed E-state index contributed by atoms with van der Waals surface area (Å²) in [5, 5.41) is 2.97. The molecule has 7 nitrogen and oxygen atoms in total. The fourth-order valence-electron chi connectivity index (χ4n) is 3.51. The lowest BCUT2D eigenvalue weighted by atomic mass is 9.90.